The van der Waals surface area contributed by atoms with E-state index in [-0.39, 0.29) is 11.8 Å². The van der Waals surface area contributed by atoms with Crippen LogP contribution >= 0.6 is 0 Å². The van der Waals surface area contributed by atoms with E-state index in [1.807, 2.05) is 23.1 Å². The monoisotopic (exact) mass is 473 g/mol. The van der Waals surface area contributed by atoms with Crippen molar-refractivity contribution >= 4 is 17.5 Å². The number of carbonyl (C=O) groups is 2. The van der Waals surface area contributed by atoms with Crippen molar-refractivity contribution in [2.45, 2.75) is 83.5 Å². The van der Waals surface area contributed by atoms with E-state index in [1.54, 1.807) is 6.92 Å². The van der Waals surface area contributed by atoms with Gasteiger partial charge in [-0.3, -0.25) is 14.5 Å². The van der Waals surface area contributed by atoms with Gasteiger partial charge >= 0.3 is 0 Å². The summed E-state index contributed by atoms with van der Waals surface area (Å²) in [6.07, 6.45) is 8.69. The zero-order valence-electron chi connectivity index (χ0n) is 21.1. The van der Waals surface area contributed by atoms with E-state index in [9.17, 15) is 9.59 Å². The molecule has 2 amide bonds. The first-order chi connectivity index (χ1) is 17.1. The number of para-hydroxylation sites is 1. The number of benzene rings is 2. The molecule has 3 aliphatic rings. The number of hydrogen-bond donors (Lipinski definition) is 0. The lowest BCUT2D eigenvalue weighted by atomic mass is 9.82. The summed E-state index contributed by atoms with van der Waals surface area (Å²) in [5.74, 6) is 1.07. The van der Waals surface area contributed by atoms with Gasteiger partial charge in [-0.1, -0.05) is 67.8 Å². The molecule has 1 saturated carbocycles. The first-order valence-corrected chi connectivity index (χ1v) is 13.5. The Labute approximate surface area is 210 Å². The maximum atomic E-state index is 13.6. The Kier molecular flexibility index (Phi) is 7.52. The van der Waals surface area contributed by atoms with Gasteiger partial charge in [-0.05, 0) is 48.8 Å². The number of nitrogens with zero attached hydrogens (tertiary/aromatic N) is 3. The SMILES string of the molecule is CC(=O)N1CC[C@@H]2CC[C@H](CN(C(=O)CCC3CCC3)Cc3ccccc31)N2Cc1ccccc1. The van der Waals surface area contributed by atoms with Gasteiger partial charge in [-0.15, -0.1) is 0 Å². The van der Waals surface area contributed by atoms with Gasteiger partial charge in [0.15, 0.2) is 0 Å². The van der Waals surface area contributed by atoms with Gasteiger partial charge in [-0.2, -0.15) is 0 Å². The third kappa shape index (κ3) is 5.61. The first kappa shape index (κ1) is 24.1. The molecule has 2 heterocycles. The Morgan fingerprint density at radius 1 is 0.886 bits per heavy atom. The van der Waals surface area contributed by atoms with Crippen molar-refractivity contribution < 1.29 is 9.59 Å². The summed E-state index contributed by atoms with van der Waals surface area (Å²) in [6.45, 7) is 4.61. The summed E-state index contributed by atoms with van der Waals surface area (Å²) >= 11 is 0. The number of anilines is 1. The minimum Gasteiger partial charge on any atom is -0.337 e. The standard InChI is InChI=1S/C30H39N3O2/c1-23(34)32-19-18-27-15-16-28(33(27)20-25-8-3-2-4-9-25)22-31(21-26-12-5-6-13-29(26)32)30(35)17-14-24-10-7-11-24/h2-6,8-9,12-13,24,27-28H,7,10-11,14-22H2,1H3/t27-,28+/m0/s1. The molecule has 5 nitrogen and oxygen atoms in total. The number of carbonyl (C=O) groups excluding carboxylic acids is 2. The molecule has 0 unspecified atom stereocenters. The molecule has 1 aliphatic carbocycles. The van der Waals surface area contributed by atoms with Crippen LogP contribution in [0.5, 0.6) is 0 Å². The fraction of sp³-hybridized carbons (Fsp3) is 0.533. The Bertz CT molecular complexity index is 1020. The van der Waals surface area contributed by atoms with Crippen LogP contribution in [0.3, 0.4) is 0 Å². The highest BCUT2D eigenvalue weighted by Crippen LogP contribution is 2.34. The number of rotatable bonds is 5. The van der Waals surface area contributed by atoms with E-state index in [0.29, 0.717) is 31.6 Å². The summed E-state index contributed by atoms with van der Waals surface area (Å²) in [4.78, 5) is 33.0. The molecule has 2 aromatic carbocycles. The third-order valence-electron chi connectivity index (χ3n) is 8.46. The highest BCUT2D eigenvalue weighted by atomic mass is 16.2. The van der Waals surface area contributed by atoms with Crippen molar-refractivity contribution in [2.24, 2.45) is 5.92 Å². The molecule has 2 bridgehead atoms. The predicted octanol–water partition coefficient (Wildman–Crippen LogP) is 5.39. The second-order valence-corrected chi connectivity index (χ2v) is 10.7. The summed E-state index contributed by atoms with van der Waals surface area (Å²) in [5, 5.41) is 0. The van der Waals surface area contributed by atoms with Gasteiger partial charge in [0.1, 0.15) is 0 Å². The fourth-order valence-electron chi connectivity index (χ4n) is 6.19. The minimum atomic E-state index is 0.0729. The molecule has 0 radical (unpaired) electrons. The van der Waals surface area contributed by atoms with Gasteiger partial charge in [-0.25, -0.2) is 0 Å². The van der Waals surface area contributed by atoms with Crippen molar-refractivity contribution in [2.75, 3.05) is 18.0 Å². The van der Waals surface area contributed by atoms with Crippen LogP contribution < -0.4 is 4.90 Å². The zero-order chi connectivity index (χ0) is 24.2. The normalized spacial score (nSPS) is 23.3. The second kappa shape index (κ2) is 10.9. The molecular weight excluding hydrogens is 434 g/mol. The van der Waals surface area contributed by atoms with E-state index in [0.717, 1.165) is 55.9 Å². The molecule has 2 aromatic rings. The molecule has 5 heteroatoms. The van der Waals surface area contributed by atoms with Crippen LogP contribution in [0.15, 0.2) is 54.6 Å². The molecule has 0 aromatic heterocycles. The number of fused-ring (bicyclic) bond motifs is 3. The average molecular weight is 474 g/mol. The highest BCUT2D eigenvalue weighted by molar-refractivity contribution is 5.92. The minimum absolute atomic E-state index is 0.0729. The molecule has 2 aliphatic heterocycles. The van der Waals surface area contributed by atoms with E-state index < -0.39 is 0 Å². The van der Waals surface area contributed by atoms with Crippen molar-refractivity contribution in [3.8, 4) is 0 Å². The van der Waals surface area contributed by atoms with Crippen LogP contribution in [0.4, 0.5) is 5.69 Å². The first-order valence-electron chi connectivity index (χ1n) is 13.5. The Balaban J connectivity index is 1.44. The Hall–Kier alpha value is -2.66. The summed E-state index contributed by atoms with van der Waals surface area (Å²) in [5.41, 5.74) is 3.35. The van der Waals surface area contributed by atoms with Gasteiger partial charge in [0.05, 0.1) is 0 Å². The third-order valence-corrected chi connectivity index (χ3v) is 8.46. The molecule has 186 valence electrons. The molecular formula is C30H39N3O2. The Morgan fingerprint density at radius 3 is 2.37 bits per heavy atom. The van der Waals surface area contributed by atoms with Gasteiger partial charge in [0.25, 0.3) is 0 Å². The van der Waals surface area contributed by atoms with Crippen LogP contribution in [0.1, 0.15) is 69.4 Å². The topological polar surface area (TPSA) is 43.9 Å². The van der Waals surface area contributed by atoms with Crippen molar-refractivity contribution in [3.05, 3.63) is 65.7 Å². The van der Waals surface area contributed by atoms with Gasteiger partial charge in [0, 0.05) is 57.3 Å². The molecule has 0 spiro atoms. The van der Waals surface area contributed by atoms with Crippen LogP contribution in [0.2, 0.25) is 0 Å². The maximum Gasteiger partial charge on any atom is 0.223 e. The summed E-state index contributed by atoms with van der Waals surface area (Å²) in [7, 11) is 0. The number of hydrogen-bond acceptors (Lipinski definition) is 3. The largest absolute Gasteiger partial charge is 0.337 e. The lowest BCUT2D eigenvalue weighted by Gasteiger charge is -2.34. The lowest BCUT2D eigenvalue weighted by Crippen LogP contribution is -2.45. The van der Waals surface area contributed by atoms with Crippen molar-refractivity contribution in [1.29, 1.82) is 0 Å². The van der Waals surface area contributed by atoms with Crippen molar-refractivity contribution in [1.82, 2.24) is 9.80 Å². The lowest BCUT2D eigenvalue weighted by molar-refractivity contribution is -0.133. The zero-order valence-corrected chi connectivity index (χ0v) is 21.1. The summed E-state index contributed by atoms with van der Waals surface area (Å²) < 4.78 is 0. The fourth-order valence-corrected chi connectivity index (χ4v) is 6.19. The van der Waals surface area contributed by atoms with Crippen LogP contribution in [0, 0.1) is 5.92 Å². The maximum absolute atomic E-state index is 13.6. The van der Waals surface area contributed by atoms with E-state index in [4.69, 9.17) is 0 Å². The quantitative estimate of drug-likeness (QED) is 0.585. The van der Waals surface area contributed by atoms with E-state index >= 15 is 0 Å². The average Bonchev–Trinajstić information content (AvgIpc) is 3.18. The smallest absolute Gasteiger partial charge is 0.223 e. The molecule has 0 N–H and O–H groups in total. The van der Waals surface area contributed by atoms with E-state index in [2.05, 4.69) is 46.2 Å². The Morgan fingerprint density at radius 2 is 1.63 bits per heavy atom. The van der Waals surface area contributed by atoms with Gasteiger partial charge < -0.3 is 9.80 Å². The second-order valence-electron chi connectivity index (χ2n) is 10.7. The van der Waals surface area contributed by atoms with Crippen LogP contribution in [0.25, 0.3) is 0 Å². The number of amides is 2. The molecule has 5 rings (SSSR count). The summed E-state index contributed by atoms with van der Waals surface area (Å²) in [6, 6.07) is 19.6. The molecule has 1 saturated heterocycles. The molecule has 2 fully saturated rings. The highest BCUT2D eigenvalue weighted by Gasteiger charge is 2.36. The molecule has 35 heavy (non-hydrogen) atoms. The predicted molar refractivity (Wildman–Crippen MR) is 140 cm³/mol. The van der Waals surface area contributed by atoms with Crippen molar-refractivity contribution in [3.63, 3.8) is 0 Å². The molecule has 2 atom stereocenters. The van der Waals surface area contributed by atoms with Gasteiger partial charge in [0.2, 0.25) is 11.8 Å². The van der Waals surface area contributed by atoms with Crippen LogP contribution in [-0.4, -0.2) is 46.8 Å². The van der Waals surface area contributed by atoms with E-state index in [1.165, 1.54) is 24.8 Å². The van der Waals surface area contributed by atoms with Crippen LogP contribution in [-0.2, 0) is 22.7 Å².